The fraction of sp³-hybridized carbons (Fsp3) is 0.333. The van der Waals surface area contributed by atoms with Crippen molar-refractivity contribution < 1.29 is 14.3 Å². The Morgan fingerprint density at radius 2 is 1.79 bits per heavy atom. The molecule has 0 bridgehead atoms. The SMILES string of the molecule is CC(O)(CN)c1cc(C(C)(C)C(N)=O)cc(-c2ccc(F)cc2)n1. The number of aliphatic hydroxyl groups is 1. The van der Waals surface area contributed by atoms with Crippen LogP contribution in [0.2, 0.25) is 0 Å². The third-order valence-corrected chi connectivity index (χ3v) is 4.25. The van der Waals surface area contributed by atoms with Crippen LogP contribution in [0.4, 0.5) is 4.39 Å². The van der Waals surface area contributed by atoms with E-state index >= 15 is 0 Å². The van der Waals surface area contributed by atoms with Gasteiger partial charge in [0.2, 0.25) is 5.91 Å². The van der Waals surface area contributed by atoms with Gasteiger partial charge in [0.05, 0.1) is 16.8 Å². The van der Waals surface area contributed by atoms with E-state index in [-0.39, 0.29) is 12.4 Å². The van der Waals surface area contributed by atoms with E-state index in [0.717, 1.165) is 0 Å². The zero-order valence-corrected chi connectivity index (χ0v) is 14.0. The number of carbonyl (C=O) groups is 1. The molecule has 1 unspecified atom stereocenters. The number of aromatic nitrogens is 1. The second-order valence-electron chi connectivity index (χ2n) is 6.60. The second-order valence-corrected chi connectivity index (χ2v) is 6.60. The van der Waals surface area contributed by atoms with Crippen molar-refractivity contribution in [1.82, 2.24) is 4.98 Å². The van der Waals surface area contributed by atoms with E-state index in [2.05, 4.69) is 4.98 Å². The Morgan fingerprint density at radius 1 is 1.21 bits per heavy atom. The summed E-state index contributed by atoms with van der Waals surface area (Å²) >= 11 is 0. The van der Waals surface area contributed by atoms with Gasteiger partial charge < -0.3 is 16.6 Å². The molecule has 1 amide bonds. The zero-order valence-electron chi connectivity index (χ0n) is 14.0. The first-order valence-corrected chi connectivity index (χ1v) is 7.59. The van der Waals surface area contributed by atoms with Gasteiger partial charge in [0, 0.05) is 12.1 Å². The molecule has 1 aromatic heterocycles. The van der Waals surface area contributed by atoms with Crippen molar-refractivity contribution in [1.29, 1.82) is 0 Å². The smallest absolute Gasteiger partial charge is 0.227 e. The fourth-order valence-corrected chi connectivity index (χ4v) is 2.18. The van der Waals surface area contributed by atoms with Gasteiger partial charge in [-0.05, 0) is 62.7 Å². The van der Waals surface area contributed by atoms with Crippen molar-refractivity contribution in [3.63, 3.8) is 0 Å². The number of hydrogen-bond acceptors (Lipinski definition) is 4. The number of nitrogens with zero attached hydrogens (tertiary/aromatic N) is 1. The summed E-state index contributed by atoms with van der Waals surface area (Å²) in [5, 5.41) is 10.5. The van der Waals surface area contributed by atoms with Crippen LogP contribution in [0.15, 0.2) is 36.4 Å². The number of benzene rings is 1. The molecule has 0 radical (unpaired) electrons. The molecule has 0 saturated carbocycles. The minimum absolute atomic E-state index is 0.0384. The average Bonchev–Trinajstić information content (AvgIpc) is 2.54. The molecule has 1 heterocycles. The number of carbonyl (C=O) groups excluding carboxylic acids is 1. The van der Waals surface area contributed by atoms with E-state index in [0.29, 0.717) is 22.5 Å². The van der Waals surface area contributed by atoms with Gasteiger partial charge in [0.15, 0.2) is 0 Å². The first kappa shape index (κ1) is 18.0. The summed E-state index contributed by atoms with van der Waals surface area (Å²) in [5.74, 6) is -0.862. The molecule has 128 valence electrons. The number of amides is 1. The Hall–Kier alpha value is -2.31. The van der Waals surface area contributed by atoms with Crippen LogP contribution < -0.4 is 11.5 Å². The summed E-state index contributed by atoms with van der Waals surface area (Å²) in [6.07, 6.45) is 0. The molecule has 0 fully saturated rings. The molecular formula is C18H22FN3O2. The summed E-state index contributed by atoms with van der Waals surface area (Å²) in [6, 6.07) is 9.16. The summed E-state index contributed by atoms with van der Waals surface area (Å²) in [7, 11) is 0. The molecule has 2 rings (SSSR count). The zero-order chi connectivity index (χ0) is 18.1. The van der Waals surface area contributed by atoms with Crippen molar-refractivity contribution in [3.8, 4) is 11.3 Å². The summed E-state index contributed by atoms with van der Waals surface area (Å²) in [4.78, 5) is 16.3. The average molecular weight is 331 g/mol. The third kappa shape index (κ3) is 3.44. The first-order chi connectivity index (χ1) is 11.1. The highest BCUT2D eigenvalue weighted by Gasteiger charge is 2.31. The molecule has 24 heavy (non-hydrogen) atoms. The quantitative estimate of drug-likeness (QED) is 0.777. The topological polar surface area (TPSA) is 102 Å². The van der Waals surface area contributed by atoms with Crippen LogP contribution in [-0.4, -0.2) is 22.5 Å². The van der Waals surface area contributed by atoms with Crippen molar-refractivity contribution in [2.45, 2.75) is 31.8 Å². The maximum atomic E-state index is 13.2. The predicted octanol–water partition coefficient (Wildman–Crippen LogP) is 1.82. The molecule has 1 aromatic carbocycles. The van der Waals surface area contributed by atoms with E-state index in [1.54, 1.807) is 45.0 Å². The Kier molecular flexibility index (Phi) is 4.73. The lowest BCUT2D eigenvalue weighted by Gasteiger charge is -2.26. The molecule has 0 spiro atoms. The van der Waals surface area contributed by atoms with Crippen molar-refractivity contribution in [2.75, 3.05) is 6.54 Å². The summed E-state index contributed by atoms with van der Waals surface area (Å²) in [5.41, 5.74) is 10.9. The van der Waals surface area contributed by atoms with Crippen LogP contribution in [0.1, 0.15) is 32.0 Å². The van der Waals surface area contributed by atoms with E-state index in [1.165, 1.54) is 12.1 Å². The maximum Gasteiger partial charge on any atom is 0.227 e. The van der Waals surface area contributed by atoms with Gasteiger partial charge in [-0.2, -0.15) is 0 Å². The Labute approximate surface area is 140 Å². The van der Waals surface area contributed by atoms with Crippen LogP contribution in [-0.2, 0) is 15.8 Å². The maximum absolute atomic E-state index is 13.2. The van der Waals surface area contributed by atoms with Gasteiger partial charge in [-0.15, -0.1) is 0 Å². The van der Waals surface area contributed by atoms with E-state index in [4.69, 9.17) is 11.5 Å². The van der Waals surface area contributed by atoms with Gasteiger partial charge >= 0.3 is 0 Å². The van der Waals surface area contributed by atoms with Crippen LogP contribution in [0.3, 0.4) is 0 Å². The summed E-state index contributed by atoms with van der Waals surface area (Å²) < 4.78 is 13.2. The van der Waals surface area contributed by atoms with Crippen molar-refractivity contribution >= 4 is 5.91 Å². The molecule has 5 N–H and O–H groups in total. The van der Waals surface area contributed by atoms with Crippen LogP contribution in [0.5, 0.6) is 0 Å². The number of pyridine rings is 1. The highest BCUT2D eigenvalue weighted by molar-refractivity contribution is 5.86. The number of primary amides is 1. The highest BCUT2D eigenvalue weighted by atomic mass is 19.1. The highest BCUT2D eigenvalue weighted by Crippen LogP contribution is 2.31. The van der Waals surface area contributed by atoms with Crippen molar-refractivity contribution in [3.05, 3.63) is 53.5 Å². The van der Waals surface area contributed by atoms with Crippen molar-refractivity contribution in [2.24, 2.45) is 11.5 Å². The molecule has 0 aliphatic rings. The molecule has 0 aliphatic carbocycles. The van der Waals surface area contributed by atoms with Crippen LogP contribution in [0.25, 0.3) is 11.3 Å². The number of nitrogens with two attached hydrogens (primary N) is 2. The number of halogens is 1. The minimum Gasteiger partial charge on any atom is -0.383 e. The Morgan fingerprint density at radius 3 is 2.29 bits per heavy atom. The van der Waals surface area contributed by atoms with Crippen LogP contribution in [0, 0.1) is 5.82 Å². The lowest BCUT2D eigenvalue weighted by Crippen LogP contribution is -2.37. The van der Waals surface area contributed by atoms with Crippen LogP contribution >= 0.6 is 0 Å². The lowest BCUT2D eigenvalue weighted by molar-refractivity contribution is -0.122. The molecule has 1 atom stereocenters. The summed E-state index contributed by atoms with van der Waals surface area (Å²) in [6.45, 7) is 4.90. The van der Waals surface area contributed by atoms with E-state index < -0.39 is 16.9 Å². The standard InChI is InChI=1S/C18H22FN3O2/c1-17(2,16(21)23)12-8-14(11-4-6-13(19)7-5-11)22-15(9-12)18(3,24)10-20/h4-9,24H,10,20H2,1-3H3,(H2,21,23). The Bertz CT molecular complexity index is 755. The lowest BCUT2D eigenvalue weighted by atomic mass is 9.82. The Balaban J connectivity index is 2.69. The third-order valence-electron chi connectivity index (χ3n) is 4.25. The molecular weight excluding hydrogens is 309 g/mol. The monoisotopic (exact) mass is 331 g/mol. The van der Waals surface area contributed by atoms with Gasteiger partial charge in [-0.25, -0.2) is 9.37 Å². The molecule has 2 aromatic rings. The minimum atomic E-state index is -1.36. The first-order valence-electron chi connectivity index (χ1n) is 7.59. The molecule has 0 aliphatic heterocycles. The normalized spacial score (nSPS) is 14.2. The number of hydrogen-bond donors (Lipinski definition) is 3. The number of rotatable bonds is 5. The fourth-order valence-electron chi connectivity index (χ4n) is 2.18. The van der Waals surface area contributed by atoms with E-state index in [1.807, 2.05) is 0 Å². The van der Waals surface area contributed by atoms with Gasteiger partial charge in [-0.1, -0.05) is 0 Å². The van der Waals surface area contributed by atoms with E-state index in [9.17, 15) is 14.3 Å². The van der Waals surface area contributed by atoms with Gasteiger partial charge in [0.25, 0.3) is 0 Å². The van der Waals surface area contributed by atoms with Gasteiger partial charge in [0.1, 0.15) is 11.4 Å². The molecule has 0 saturated heterocycles. The second kappa shape index (κ2) is 6.30. The molecule has 6 heteroatoms. The largest absolute Gasteiger partial charge is 0.383 e. The molecule has 5 nitrogen and oxygen atoms in total. The van der Waals surface area contributed by atoms with Gasteiger partial charge in [-0.3, -0.25) is 4.79 Å². The predicted molar refractivity (Wildman–Crippen MR) is 90.5 cm³/mol.